The van der Waals surface area contributed by atoms with Crippen molar-refractivity contribution in [1.29, 1.82) is 0 Å². The minimum Gasteiger partial charge on any atom is -0.480 e. The van der Waals surface area contributed by atoms with Gasteiger partial charge in [0.15, 0.2) is 0 Å². The molecule has 1 aromatic heterocycles. The predicted octanol–water partition coefficient (Wildman–Crippen LogP) is 0.676. The second-order valence-electron chi connectivity index (χ2n) is 4.89. The molecule has 0 aliphatic carbocycles. The van der Waals surface area contributed by atoms with Crippen LogP contribution in [-0.2, 0) is 10.0 Å². The summed E-state index contributed by atoms with van der Waals surface area (Å²) in [5.41, 5.74) is 0. The maximum Gasteiger partial charge on any atom is 0.233 e. The van der Waals surface area contributed by atoms with Crippen LogP contribution in [0.5, 0.6) is 11.8 Å². The lowest BCUT2D eigenvalue weighted by Crippen LogP contribution is -2.35. The van der Waals surface area contributed by atoms with Crippen molar-refractivity contribution in [2.24, 2.45) is 0 Å². The molecule has 1 aliphatic rings. The minimum atomic E-state index is -3.22. The van der Waals surface area contributed by atoms with E-state index in [1.165, 1.54) is 11.4 Å². The van der Waals surface area contributed by atoms with Crippen molar-refractivity contribution in [3.63, 3.8) is 0 Å². The van der Waals surface area contributed by atoms with Crippen LogP contribution in [0.4, 0.5) is 0 Å². The van der Waals surface area contributed by atoms with Crippen LogP contribution in [0.25, 0.3) is 0 Å². The van der Waals surface area contributed by atoms with Crippen LogP contribution in [-0.4, -0.2) is 54.5 Å². The first kappa shape index (κ1) is 15.0. The highest BCUT2D eigenvalue weighted by Crippen LogP contribution is 2.21. The summed E-state index contributed by atoms with van der Waals surface area (Å²) in [7, 11) is -1.71. The molecule has 1 unspecified atom stereocenters. The number of ether oxygens (including phenoxy) is 2. The van der Waals surface area contributed by atoms with E-state index in [-0.39, 0.29) is 6.10 Å². The first-order valence-electron chi connectivity index (χ1n) is 6.47. The molecule has 0 saturated carbocycles. The standard InChI is InChI=1S/C12H19N3O4S/c1-9(2)20(16,17)15-7-6-10(8-15)19-12-5-4-11(18-3)13-14-12/h4-5,9-10H,6-8H2,1-3H3. The van der Waals surface area contributed by atoms with Crippen molar-refractivity contribution in [2.75, 3.05) is 20.2 Å². The summed E-state index contributed by atoms with van der Waals surface area (Å²) in [5.74, 6) is 0.785. The van der Waals surface area contributed by atoms with Gasteiger partial charge in [-0.2, -0.15) is 4.31 Å². The average Bonchev–Trinajstić information content (AvgIpc) is 2.88. The van der Waals surface area contributed by atoms with Gasteiger partial charge in [-0.15, -0.1) is 10.2 Å². The normalized spacial score (nSPS) is 20.3. The van der Waals surface area contributed by atoms with Gasteiger partial charge in [0.05, 0.1) is 18.9 Å². The molecule has 1 fully saturated rings. The third kappa shape index (κ3) is 3.18. The van der Waals surface area contributed by atoms with Crippen molar-refractivity contribution in [1.82, 2.24) is 14.5 Å². The van der Waals surface area contributed by atoms with Gasteiger partial charge in [0.1, 0.15) is 6.10 Å². The zero-order valence-corrected chi connectivity index (χ0v) is 12.6. The lowest BCUT2D eigenvalue weighted by Gasteiger charge is -2.19. The van der Waals surface area contributed by atoms with Crippen LogP contribution in [0.3, 0.4) is 0 Å². The number of aromatic nitrogens is 2. The van der Waals surface area contributed by atoms with Gasteiger partial charge < -0.3 is 9.47 Å². The summed E-state index contributed by atoms with van der Waals surface area (Å²) in [5, 5.41) is 7.26. The fraction of sp³-hybridized carbons (Fsp3) is 0.667. The molecule has 2 rings (SSSR count). The highest BCUT2D eigenvalue weighted by Gasteiger charge is 2.34. The highest BCUT2D eigenvalue weighted by molar-refractivity contribution is 7.89. The fourth-order valence-corrected chi connectivity index (χ4v) is 3.30. The molecule has 0 N–H and O–H groups in total. The van der Waals surface area contributed by atoms with Crippen LogP contribution in [0.2, 0.25) is 0 Å². The maximum absolute atomic E-state index is 12.0. The largest absolute Gasteiger partial charge is 0.480 e. The SMILES string of the molecule is COc1ccc(OC2CCN(S(=O)(=O)C(C)C)C2)nn1. The number of hydrogen-bond acceptors (Lipinski definition) is 6. The van der Waals surface area contributed by atoms with Gasteiger partial charge in [0.25, 0.3) is 0 Å². The molecule has 0 amide bonds. The van der Waals surface area contributed by atoms with E-state index >= 15 is 0 Å². The predicted molar refractivity (Wildman–Crippen MR) is 73.2 cm³/mol. The quantitative estimate of drug-likeness (QED) is 0.795. The van der Waals surface area contributed by atoms with Gasteiger partial charge in [-0.05, 0) is 20.3 Å². The van der Waals surface area contributed by atoms with Crippen LogP contribution in [0, 0.1) is 0 Å². The van der Waals surface area contributed by atoms with E-state index in [9.17, 15) is 8.42 Å². The van der Waals surface area contributed by atoms with Crippen LogP contribution >= 0.6 is 0 Å². The molecule has 0 spiro atoms. The first-order valence-corrected chi connectivity index (χ1v) is 7.97. The molecule has 1 aromatic rings. The summed E-state index contributed by atoms with van der Waals surface area (Å²) < 4.78 is 36.1. The third-order valence-corrected chi connectivity index (χ3v) is 5.42. The van der Waals surface area contributed by atoms with Gasteiger partial charge in [0.2, 0.25) is 21.8 Å². The Morgan fingerprint density at radius 2 is 1.95 bits per heavy atom. The van der Waals surface area contributed by atoms with E-state index in [2.05, 4.69) is 10.2 Å². The van der Waals surface area contributed by atoms with Gasteiger partial charge in [-0.3, -0.25) is 0 Å². The van der Waals surface area contributed by atoms with E-state index < -0.39 is 15.3 Å². The molecule has 20 heavy (non-hydrogen) atoms. The van der Waals surface area contributed by atoms with Gasteiger partial charge in [0, 0.05) is 18.7 Å². The molecule has 1 atom stereocenters. The lowest BCUT2D eigenvalue weighted by atomic mass is 10.3. The zero-order valence-electron chi connectivity index (χ0n) is 11.8. The summed E-state index contributed by atoms with van der Waals surface area (Å²) in [4.78, 5) is 0. The molecular weight excluding hydrogens is 282 g/mol. The Balaban J connectivity index is 1.96. The fourth-order valence-electron chi connectivity index (χ4n) is 1.97. The average molecular weight is 301 g/mol. The monoisotopic (exact) mass is 301 g/mol. The second-order valence-corrected chi connectivity index (χ2v) is 7.38. The summed E-state index contributed by atoms with van der Waals surface area (Å²) >= 11 is 0. The zero-order chi connectivity index (χ0) is 14.8. The Hall–Kier alpha value is -1.41. The summed E-state index contributed by atoms with van der Waals surface area (Å²) in [6.45, 7) is 4.19. The van der Waals surface area contributed by atoms with Crippen LogP contribution in [0.15, 0.2) is 12.1 Å². The first-order chi connectivity index (χ1) is 9.43. The molecule has 2 heterocycles. The second kappa shape index (κ2) is 5.92. The molecule has 8 heteroatoms. The van der Waals surface area contributed by atoms with Crippen molar-refractivity contribution < 1.29 is 17.9 Å². The summed E-state index contributed by atoms with van der Waals surface area (Å²) in [6, 6.07) is 3.31. The van der Waals surface area contributed by atoms with Crippen molar-refractivity contribution in [3.8, 4) is 11.8 Å². The smallest absolute Gasteiger partial charge is 0.233 e. The molecule has 0 aromatic carbocycles. The van der Waals surface area contributed by atoms with Gasteiger partial charge in [-0.1, -0.05) is 0 Å². The maximum atomic E-state index is 12.0. The van der Waals surface area contributed by atoms with Gasteiger partial charge >= 0.3 is 0 Å². The Bertz CT molecular complexity index is 544. The molecular formula is C12H19N3O4S. The molecule has 1 aliphatic heterocycles. The number of nitrogens with zero attached hydrogens (tertiary/aromatic N) is 3. The minimum absolute atomic E-state index is 0.189. The Morgan fingerprint density at radius 3 is 2.50 bits per heavy atom. The van der Waals surface area contributed by atoms with Crippen molar-refractivity contribution in [3.05, 3.63) is 12.1 Å². The molecule has 7 nitrogen and oxygen atoms in total. The van der Waals surface area contributed by atoms with E-state index in [1.54, 1.807) is 26.0 Å². The number of sulfonamides is 1. The number of methoxy groups -OCH3 is 1. The van der Waals surface area contributed by atoms with Gasteiger partial charge in [-0.25, -0.2) is 8.42 Å². The third-order valence-electron chi connectivity index (χ3n) is 3.18. The van der Waals surface area contributed by atoms with Crippen molar-refractivity contribution >= 4 is 10.0 Å². The molecule has 1 saturated heterocycles. The van der Waals surface area contributed by atoms with Crippen LogP contribution < -0.4 is 9.47 Å². The summed E-state index contributed by atoms with van der Waals surface area (Å²) in [6.07, 6.45) is 0.464. The van der Waals surface area contributed by atoms with E-state index in [4.69, 9.17) is 9.47 Å². The van der Waals surface area contributed by atoms with E-state index in [0.29, 0.717) is 31.3 Å². The Labute approximate surface area is 119 Å². The molecule has 112 valence electrons. The topological polar surface area (TPSA) is 81.6 Å². The van der Waals surface area contributed by atoms with Crippen molar-refractivity contribution in [2.45, 2.75) is 31.6 Å². The molecule has 0 radical (unpaired) electrons. The lowest BCUT2D eigenvalue weighted by molar-refractivity contribution is 0.203. The number of rotatable bonds is 5. The van der Waals surface area contributed by atoms with E-state index in [0.717, 1.165) is 0 Å². The molecule has 0 bridgehead atoms. The highest BCUT2D eigenvalue weighted by atomic mass is 32.2. The Morgan fingerprint density at radius 1 is 1.30 bits per heavy atom. The Kier molecular flexibility index (Phi) is 4.44. The van der Waals surface area contributed by atoms with Crippen LogP contribution in [0.1, 0.15) is 20.3 Å². The number of hydrogen-bond donors (Lipinski definition) is 0. The van der Waals surface area contributed by atoms with E-state index in [1.807, 2.05) is 0 Å².